The molecule has 1 saturated heterocycles. The molecule has 6 nitrogen and oxygen atoms in total. The molecule has 6 heteroatoms. The molecule has 1 aliphatic rings. The van der Waals surface area contributed by atoms with Gasteiger partial charge in [0, 0.05) is 18.8 Å². The molecule has 2 unspecified atom stereocenters. The Balaban J connectivity index is 1.74. The molecule has 21 heavy (non-hydrogen) atoms. The zero-order valence-corrected chi connectivity index (χ0v) is 12.4. The van der Waals surface area contributed by atoms with Gasteiger partial charge in [-0.25, -0.2) is 9.48 Å². The number of nitrogens with zero attached hydrogens (tertiary/aromatic N) is 4. The predicted molar refractivity (Wildman–Crippen MR) is 80.3 cm³/mol. The minimum Gasteiger partial charge on any atom is -0.395 e. The summed E-state index contributed by atoms with van der Waals surface area (Å²) in [7, 11) is 0. The Bertz CT molecular complexity index is 663. The molecule has 2 atom stereocenters. The summed E-state index contributed by atoms with van der Waals surface area (Å²) in [5.74, 6) is 0.501. The van der Waals surface area contributed by atoms with E-state index in [0.717, 1.165) is 25.9 Å². The van der Waals surface area contributed by atoms with E-state index in [2.05, 4.69) is 16.9 Å². The average Bonchev–Trinajstić information content (AvgIpc) is 2.82. The summed E-state index contributed by atoms with van der Waals surface area (Å²) in [6.45, 7) is 4.66. The van der Waals surface area contributed by atoms with Crippen LogP contribution in [0, 0.1) is 5.92 Å². The molecule has 0 aromatic carbocycles. The number of hydrogen-bond donors (Lipinski definition) is 1. The summed E-state index contributed by atoms with van der Waals surface area (Å²) >= 11 is 0. The second kappa shape index (κ2) is 5.99. The lowest BCUT2D eigenvalue weighted by Gasteiger charge is -2.38. The van der Waals surface area contributed by atoms with Crippen molar-refractivity contribution in [3.63, 3.8) is 0 Å². The van der Waals surface area contributed by atoms with Crippen LogP contribution in [0.25, 0.3) is 5.65 Å². The zero-order chi connectivity index (χ0) is 14.8. The first-order valence-corrected chi connectivity index (χ1v) is 7.60. The lowest BCUT2D eigenvalue weighted by Crippen LogP contribution is -2.48. The van der Waals surface area contributed by atoms with Crippen LogP contribution in [0.1, 0.15) is 19.8 Å². The zero-order valence-electron chi connectivity index (χ0n) is 12.4. The monoisotopic (exact) mass is 290 g/mol. The molecule has 0 amide bonds. The Morgan fingerprint density at radius 1 is 1.38 bits per heavy atom. The van der Waals surface area contributed by atoms with Gasteiger partial charge in [0.05, 0.1) is 13.2 Å². The molecule has 1 N–H and O–H groups in total. The normalized spacial score (nSPS) is 23.7. The second-order valence-electron chi connectivity index (χ2n) is 5.84. The van der Waals surface area contributed by atoms with Crippen LogP contribution in [0.4, 0.5) is 0 Å². The first-order chi connectivity index (χ1) is 10.2. The number of likely N-dealkylation sites (tertiary alicyclic amines) is 1. The summed E-state index contributed by atoms with van der Waals surface area (Å²) in [4.78, 5) is 14.5. The van der Waals surface area contributed by atoms with E-state index < -0.39 is 0 Å². The maximum atomic E-state index is 12.2. The van der Waals surface area contributed by atoms with Crippen molar-refractivity contribution in [1.82, 2.24) is 19.1 Å². The lowest BCUT2D eigenvalue weighted by atomic mass is 9.91. The molecule has 1 fully saturated rings. The van der Waals surface area contributed by atoms with Gasteiger partial charge in [-0.2, -0.15) is 0 Å². The van der Waals surface area contributed by atoms with Crippen LogP contribution in [0.3, 0.4) is 0 Å². The third kappa shape index (κ3) is 2.73. The summed E-state index contributed by atoms with van der Waals surface area (Å²) in [5, 5.41) is 13.9. The molecule has 0 bridgehead atoms. The molecular formula is C15H22N4O2. The highest BCUT2D eigenvalue weighted by atomic mass is 16.3. The number of aliphatic hydroxyl groups is 1. The lowest BCUT2D eigenvalue weighted by molar-refractivity contribution is 0.0496. The van der Waals surface area contributed by atoms with E-state index in [1.807, 2.05) is 18.2 Å². The number of aliphatic hydroxyl groups excluding tert-OH is 1. The van der Waals surface area contributed by atoms with E-state index in [-0.39, 0.29) is 18.3 Å². The molecule has 0 saturated carbocycles. The standard InChI is InChI=1S/C15H22N4O2/c1-12-5-4-7-17(13(12)11-20)9-10-19-15(21)18-8-3-2-6-14(18)16-19/h2-3,6,8,12-13,20H,4-5,7,9-11H2,1H3. The number of rotatable bonds is 4. The number of hydrogen-bond acceptors (Lipinski definition) is 4. The van der Waals surface area contributed by atoms with E-state index >= 15 is 0 Å². The van der Waals surface area contributed by atoms with Gasteiger partial charge in [0.25, 0.3) is 0 Å². The number of aromatic nitrogens is 3. The Hall–Kier alpha value is -1.66. The fraction of sp³-hybridized carbons (Fsp3) is 0.600. The van der Waals surface area contributed by atoms with Gasteiger partial charge in [0.1, 0.15) is 0 Å². The molecule has 2 aromatic heterocycles. The van der Waals surface area contributed by atoms with E-state index in [1.165, 1.54) is 4.68 Å². The SMILES string of the molecule is CC1CCCN(CCn2nc3ccccn3c2=O)C1CO. The number of pyridine rings is 1. The summed E-state index contributed by atoms with van der Waals surface area (Å²) in [6, 6.07) is 5.73. The predicted octanol–water partition coefficient (Wildman–Crippen LogP) is 0.589. The highest BCUT2D eigenvalue weighted by Crippen LogP contribution is 2.22. The van der Waals surface area contributed by atoms with E-state index in [0.29, 0.717) is 18.1 Å². The number of fused-ring (bicyclic) bond motifs is 1. The fourth-order valence-electron chi connectivity index (χ4n) is 3.24. The molecule has 3 rings (SSSR count). The minimum absolute atomic E-state index is 0.101. The van der Waals surface area contributed by atoms with Crippen molar-refractivity contribution in [2.45, 2.75) is 32.4 Å². The van der Waals surface area contributed by atoms with Crippen LogP contribution < -0.4 is 5.69 Å². The van der Waals surface area contributed by atoms with Crippen molar-refractivity contribution < 1.29 is 5.11 Å². The largest absolute Gasteiger partial charge is 0.395 e. The first-order valence-electron chi connectivity index (χ1n) is 7.60. The van der Waals surface area contributed by atoms with Crippen LogP contribution >= 0.6 is 0 Å². The van der Waals surface area contributed by atoms with Crippen LogP contribution in [0.15, 0.2) is 29.2 Å². The molecule has 0 radical (unpaired) electrons. The van der Waals surface area contributed by atoms with Gasteiger partial charge in [-0.15, -0.1) is 5.10 Å². The maximum absolute atomic E-state index is 12.2. The van der Waals surface area contributed by atoms with Gasteiger partial charge in [-0.3, -0.25) is 9.30 Å². The molecule has 0 spiro atoms. The van der Waals surface area contributed by atoms with Gasteiger partial charge in [-0.05, 0) is 37.4 Å². The highest BCUT2D eigenvalue weighted by Gasteiger charge is 2.27. The van der Waals surface area contributed by atoms with Gasteiger partial charge >= 0.3 is 5.69 Å². The van der Waals surface area contributed by atoms with E-state index in [4.69, 9.17) is 0 Å². The van der Waals surface area contributed by atoms with Crippen LogP contribution in [-0.2, 0) is 6.54 Å². The van der Waals surface area contributed by atoms with E-state index in [9.17, 15) is 9.90 Å². The van der Waals surface area contributed by atoms with Crippen LogP contribution in [0.5, 0.6) is 0 Å². The third-order valence-corrected chi connectivity index (χ3v) is 4.51. The van der Waals surface area contributed by atoms with Gasteiger partial charge in [-0.1, -0.05) is 13.0 Å². The Morgan fingerprint density at radius 2 is 2.24 bits per heavy atom. The van der Waals surface area contributed by atoms with Crippen LogP contribution in [-0.4, -0.2) is 49.9 Å². The van der Waals surface area contributed by atoms with Gasteiger partial charge < -0.3 is 5.11 Å². The van der Waals surface area contributed by atoms with Crippen molar-refractivity contribution in [2.75, 3.05) is 19.7 Å². The summed E-state index contributed by atoms with van der Waals surface area (Å²) in [6.07, 6.45) is 4.05. The summed E-state index contributed by atoms with van der Waals surface area (Å²) < 4.78 is 3.07. The minimum atomic E-state index is -0.101. The molecule has 1 aliphatic heterocycles. The van der Waals surface area contributed by atoms with Crippen LogP contribution in [0.2, 0.25) is 0 Å². The van der Waals surface area contributed by atoms with Gasteiger partial charge in [0.2, 0.25) is 0 Å². The highest BCUT2D eigenvalue weighted by molar-refractivity contribution is 5.35. The van der Waals surface area contributed by atoms with Gasteiger partial charge in [0.15, 0.2) is 5.65 Å². The molecule has 0 aliphatic carbocycles. The van der Waals surface area contributed by atoms with Crippen molar-refractivity contribution in [3.05, 3.63) is 34.9 Å². The second-order valence-corrected chi connectivity index (χ2v) is 5.84. The van der Waals surface area contributed by atoms with Crippen molar-refractivity contribution >= 4 is 5.65 Å². The Morgan fingerprint density at radius 3 is 3.00 bits per heavy atom. The maximum Gasteiger partial charge on any atom is 0.350 e. The Kier molecular flexibility index (Phi) is 4.07. The van der Waals surface area contributed by atoms with E-state index in [1.54, 1.807) is 10.6 Å². The van der Waals surface area contributed by atoms with Crippen molar-refractivity contribution in [1.29, 1.82) is 0 Å². The summed E-state index contributed by atoms with van der Waals surface area (Å²) in [5.41, 5.74) is 0.574. The van der Waals surface area contributed by atoms with Crippen molar-refractivity contribution in [2.24, 2.45) is 5.92 Å². The quantitative estimate of drug-likeness (QED) is 0.895. The molecular weight excluding hydrogens is 268 g/mol. The molecule has 114 valence electrons. The first kappa shape index (κ1) is 14.3. The smallest absolute Gasteiger partial charge is 0.350 e. The third-order valence-electron chi connectivity index (χ3n) is 4.51. The topological polar surface area (TPSA) is 62.8 Å². The fourth-order valence-corrected chi connectivity index (χ4v) is 3.24. The van der Waals surface area contributed by atoms with Crippen molar-refractivity contribution in [3.8, 4) is 0 Å². The average molecular weight is 290 g/mol. The Labute approximate surface area is 123 Å². The molecule has 3 heterocycles. The molecule has 2 aromatic rings. The number of piperidine rings is 1.